The highest BCUT2D eigenvalue weighted by Crippen LogP contribution is 2.18. The highest BCUT2D eigenvalue weighted by atomic mass is 16.4. The molecule has 72 valence electrons. The maximum absolute atomic E-state index is 10.6. The van der Waals surface area contributed by atoms with Crippen LogP contribution in [0.15, 0.2) is 12.4 Å². The van der Waals surface area contributed by atoms with Gasteiger partial charge in [-0.15, -0.1) is 0 Å². The molecular weight excluding hydrogens is 168 g/mol. The van der Waals surface area contributed by atoms with Gasteiger partial charge in [0.15, 0.2) is 0 Å². The van der Waals surface area contributed by atoms with Crippen molar-refractivity contribution < 1.29 is 9.90 Å². The van der Waals surface area contributed by atoms with Gasteiger partial charge in [0.25, 0.3) is 0 Å². The van der Waals surface area contributed by atoms with E-state index in [0.717, 1.165) is 5.56 Å². The molecule has 4 heteroatoms. The minimum absolute atomic E-state index is 0.0775. The number of aliphatic carboxylic acids is 1. The van der Waals surface area contributed by atoms with Gasteiger partial charge in [0.2, 0.25) is 0 Å². The Hall–Kier alpha value is -1.32. The van der Waals surface area contributed by atoms with E-state index in [2.05, 4.69) is 5.10 Å². The van der Waals surface area contributed by atoms with Crippen molar-refractivity contribution in [3.8, 4) is 0 Å². The molecule has 13 heavy (non-hydrogen) atoms. The van der Waals surface area contributed by atoms with Crippen LogP contribution >= 0.6 is 0 Å². The molecule has 0 unspecified atom stereocenters. The van der Waals surface area contributed by atoms with Crippen LogP contribution in [-0.2, 0) is 10.3 Å². The molecule has 1 N–H and O–H groups in total. The molecule has 4 nitrogen and oxygen atoms in total. The van der Waals surface area contributed by atoms with E-state index < -0.39 is 11.5 Å². The zero-order valence-electron chi connectivity index (χ0n) is 8.11. The molecule has 0 aliphatic carbocycles. The maximum Gasteiger partial charge on any atom is 0.305 e. The van der Waals surface area contributed by atoms with E-state index in [-0.39, 0.29) is 6.42 Å². The number of carbonyl (C=O) groups is 1. The molecule has 1 heterocycles. The van der Waals surface area contributed by atoms with Crippen LogP contribution in [0.3, 0.4) is 0 Å². The van der Waals surface area contributed by atoms with Crippen LogP contribution in [0, 0.1) is 6.92 Å². The Kier molecular flexibility index (Phi) is 2.40. The smallest absolute Gasteiger partial charge is 0.305 e. The van der Waals surface area contributed by atoms with E-state index in [1.54, 1.807) is 10.9 Å². The summed E-state index contributed by atoms with van der Waals surface area (Å²) in [6.45, 7) is 5.64. The van der Waals surface area contributed by atoms with Crippen molar-refractivity contribution in [2.75, 3.05) is 0 Å². The normalized spacial score (nSPS) is 11.6. The van der Waals surface area contributed by atoms with Crippen LogP contribution in [0.5, 0.6) is 0 Å². The molecule has 0 aliphatic heterocycles. The van der Waals surface area contributed by atoms with Gasteiger partial charge in [0.05, 0.1) is 18.2 Å². The van der Waals surface area contributed by atoms with Crippen LogP contribution in [0.25, 0.3) is 0 Å². The standard InChI is InChI=1S/C9H14N2O2/c1-7-5-10-11(6-7)9(2,3)4-8(12)13/h5-6H,4H2,1-3H3,(H,12,13). The zero-order chi connectivity index (χ0) is 10.1. The molecule has 1 aromatic rings. The predicted octanol–water partition coefficient (Wildman–Crippen LogP) is 1.40. The minimum atomic E-state index is -0.807. The summed E-state index contributed by atoms with van der Waals surface area (Å²) in [6.07, 6.45) is 3.65. The van der Waals surface area contributed by atoms with E-state index in [9.17, 15) is 4.79 Å². The molecule has 1 aromatic heterocycles. The topological polar surface area (TPSA) is 55.1 Å². The lowest BCUT2D eigenvalue weighted by Gasteiger charge is -2.22. The summed E-state index contributed by atoms with van der Waals surface area (Å²) in [6, 6.07) is 0. The Bertz CT molecular complexity index is 315. The number of hydrogen-bond acceptors (Lipinski definition) is 2. The number of hydrogen-bond donors (Lipinski definition) is 1. The second-order valence-electron chi connectivity index (χ2n) is 3.85. The molecule has 0 saturated heterocycles. The SMILES string of the molecule is Cc1cnn(C(C)(C)CC(=O)O)c1. The number of aromatic nitrogens is 2. The second-order valence-corrected chi connectivity index (χ2v) is 3.85. The number of rotatable bonds is 3. The quantitative estimate of drug-likeness (QED) is 0.768. The van der Waals surface area contributed by atoms with Gasteiger partial charge < -0.3 is 5.11 Å². The summed E-state index contributed by atoms with van der Waals surface area (Å²) in [5, 5.41) is 12.8. The minimum Gasteiger partial charge on any atom is -0.481 e. The Balaban J connectivity index is 2.86. The average molecular weight is 182 g/mol. The van der Waals surface area contributed by atoms with Crippen molar-refractivity contribution in [3.63, 3.8) is 0 Å². The molecule has 0 saturated carbocycles. The molecule has 0 spiro atoms. The largest absolute Gasteiger partial charge is 0.481 e. The highest BCUT2D eigenvalue weighted by Gasteiger charge is 2.24. The van der Waals surface area contributed by atoms with Crippen LogP contribution in [0.1, 0.15) is 25.8 Å². The lowest BCUT2D eigenvalue weighted by atomic mass is 10.0. The fraction of sp³-hybridized carbons (Fsp3) is 0.556. The third-order valence-electron chi connectivity index (χ3n) is 1.92. The van der Waals surface area contributed by atoms with Crippen molar-refractivity contribution in [1.82, 2.24) is 9.78 Å². The van der Waals surface area contributed by atoms with Crippen LogP contribution in [0.4, 0.5) is 0 Å². The van der Waals surface area contributed by atoms with Crippen molar-refractivity contribution in [2.24, 2.45) is 0 Å². The zero-order valence-corrected chi connectivity index (χ0v) is 8.11. The van der Waals surface area contributed by atoms with E-state index in [0.29, 0.717) is 0 Å². The number of carboxylic acid groups (broad SMARTS) is 1. The molecule has 0 aromatic carbocycles. The van der Waals surface area contributed by atoms with Crippen LogP contribution in [-0.4, -0.2) is 20.9 Å². The van der Waals surface area contributed by atoms with Gasteiger partial charge >= 0.3 is 5.97 Å². The molecule has 0 bridgehead atoms. The van der Waals surface area contributed by atoms with E-state index >= 15 is 0 Å². The summed E-state index contributed by atoms with van der Waals surface area (Å²) in [5.74, 6) is -0.807. The third-order valence-corrected chi connectivity index (χ3v) is 1.92. The van der Waals surface area contributed by atoms with Gasteiger partial charge in [0, 0.05) is 6.20 Å². The van der Waals surface area contributed by atoms with Gasteiger partial charge in [-0.05, 0) is 26.3 Å². The molecule has 1 rings (SSSR count). The first-order chi connectivity index (χ1) is 5.92. The first kappa shape index (κ1) is 9.77. The Morgan fingerprint density at radius 2 is 2.31 bits per heavy atom. The summed E-state index contributed by atoms with van der Waals surface area (Å²) < 4.78 is 1.69. The first-order valence-corrected chi connectivity index (χ1v) is 4.15. The van der Waals surface area contributed by atoms with Crippen LogP contribution in [0.2, 0.25) is 0 Å². The monoisotopic (exact) mass is 182 g/mol. The molecule has 0 amide bonds. The predicted molar refractivity (Wildman–Crippen MR) is 48.5 cm³/mol. The van der Waals surface area contributed by atoms with Crippen molar-refractivity contribution >= 4 is 5.97 Å². The average Bonchev–Trinajstić information content (AvgIpc) is 2.32. The van der Waals surface area contributed by atoms with Gasteiger partial charge in [-0.2, -0.15) is 5.10 Å². The fourth-order valence-electron chi connectivity index (χ4n) is 1.19. The Labute approximate surface area is 77.2 Å². The molecule has 0 aliphatic rings. The summed E-state index contributed by atoms with van der Waals surface area (Å²) in [4.78, 5) is 10.6. The summed E-state index contributed by atoms with van der Waals surface area (Å²) >= 11 is 0. The van der Waals surface area contributed by atoms with Gasteiger partial charge in [0.1, 0.15) is 0 Å². The van der Waals surface area contributed by atoms with Crippen LogP contribution < -0.4 is 0 Å². The van der Waals surface area contributed by atoms with Gasteiger partial charge in [-0.1, -0.05) is 0 Å². The molecular formula is C9H14N2O2. The number of carboxylic acids is 1. The van der Waals surface area contributed by atoms with Gasteiger partial charge in [-0.25, -0.2) is 0 Å². The first-order valence-electron chi connectivity index (χ1n) is 4.15. The fourth-order valence-corrected chi connectivity index (χ4v) is 1.19. The second kappa shape index (κ2) is 3.20. The molecule has 0 fully saturated rings. The van der Waals surface area contributed by atoms with E-state index in [4.69, 9.17) is 5.11 Å². The lowest BCUT2D eigenvalue weighted by Crippen LogP contribution is -2.29. The highest BCUT2D eigenvalue weighted by molar-refractivity contribution is 5.67. The van der Waals surface area contributed by atoms with Gasteiger partial charge in [-0.3, -0.25) is 9.48 Å². The third kappa shape index (κ3) is 2.31. The lowest BCUT2D eigenvalue weighted by molar-refractivity contribution is -0.139. The van der Waals surface area contributed by atoms with Crippen molar-refractivity contribution in [1.29, 1.82) is 0 Å². The van der Waals surface area contributed by atoms with E-state index in [1.807, 2.05) is 27.0 Å². The molecule has 0 atom stereocenters. The maximum atomic E-state index is 10.6. The molecule has 0 radical (unpaired) electrons. The van der Waals surface area contributed by atoms with Crippen molar-refractivity contribution in [3.05, 3.63) is 18.0 Å². The van der Waals surface area contributed by atoms with E-state index in [1.165, 1.54) is 0 Å². The Morgan fingerprint density at radius 3 is 2.69 bits per heavy atom. The van der Waals surface area contributed by atoms with Crippen molar-refractivity contribution in [2.45, 2.75) is 32.7 Å². The summed E-state index contributed by atoms with van der Waals surface area (Å²) in [7, 11) is 0. The number of nitrogens with zero attached hydrogens (tertiary/aromatic N) is 2. The summed E-state index contributed by atoms with van der Waals surface area (Å²) in [5.41, 5.74) is 0.582. The Morgan fingerprint density at radius 1 is 1.69 bits per heavy atom. The number of aryl methyl sites for hydroxylation is 1.